The summed E-state index contributed by atoms with van der Waals surface area (Å²) in [5.74, 6) is 1.18. The minimum atomic E-state index is -0.885. The van der Waals surface area contributed by atoms with Gasteiger partial charge >= 0.3 is 5.97 Å². The van der Waals surface area contributed by atoms with Crippen molar-refractivity contribution >= 4 is 45.8 Å². The summed E-state index contributed by atoms with van der Waals surface area (Å²) in [6.45, 7) is 3.93. The zero-order valence-electron chi connectivity index (χ0n) is 27.0. The third-order valence-electron chi connectivity index (χ3n) is 8.03. The van der Waals surface area contributed by atoms with Gasteiger partial charge in [0.1, 0.15) is 12.4 Å². The number of halogens is 1. The number of thiazole rings is 1. The van der Waals surface area contributed by atoms with Crippen LogP contribution >= 0.6 is 22.9 Å². The molecule has 0 bridgehead atoms. The Balaban J connectivity index is 1.56. The average Bonchev–Trinajstić information content (AvgIpc) is 3.40. The lowest BCUT2D eigenvalue weighted by Gasteiger charge is -2.26. The summed E-state index contributed by atoms with van der Waals surface area (Å²) in [5, 5.41) is 2.55. The van der Waals surface area contributed by atoms with Crippen molar-refractivity contribution in [1.29, 1.82) is 0 Å². The van der Waals surface area contributed by atoms with Crippen LogP contribution in [0, 0.1) is 0 Å². The van der Waals surface area contributed by atoms with Crippen LogP contribution in [-0.2, 0) is 16.1 Å². The lowest BCUT2D eigenvalue weighted by atomic mass is 9.95. The molecule has 0 saturated heterocycles. The van der Waals surface area contributed by atoms with E-state index in [0.29, 0.717) is 55.2 Å². The molecular formula is C37H33ClN2O7S. The van der Waals surface area contributed by atoms with Gasteiger partial charge in [0.2, 0.25) is 5.75 Å². The molecule has 1 aliphatic heterocycles. The molecular weight excluding hydrogens is 652 g/mol. The molecule has 0 spiro atoms. The monoisotopic (exact) mass is 684 g/mol. The number of methoxy groups -OCH3 is 3. The fourth-order valence-electron chi connectivity index (χ4n) is 5.79. The van der Waals surface area contributed by atoms with Crippen LogP contribution in [0.5, 0.6) is 23.0 Å². The van der Waals surface area contributed by atoms with Crippen LogP contribution in [0.2, 0.25) is 5.02 Å². The molecule has 11 heteroatoms. The molecule has 1 aliphatic rings. The van der Waals surface area contributed by atoms with Crippen molar-refractivity contribution in [1.82, 2.24) is 4.57 Å². The largest absolute Gasteiger partial charge is 0.493 e. The zero-order valence-corrected chi connectivity index (χ0v) is 28.6. The molecule has 4 aromatic carbocycles. The van der Waals surface area contributed by atoms with Gasteiger partial charge in [-0.1, -0.05) is 65.4 Å². The van der Waals surface area contributed by atoms with Crippen molar-refractivity contribution < 1.29 is 28.5 Å². The third-order valence-corrected chi connectivity index (χ3v) is 9.27. The quantitative estimate of drug-likeness (QED) is 0.161. The van der Waals surface area contributed by atoms with Crippen LogP contribution in [0.4, 0.5) is 0 Å². The first-order valence-electron chi connectivity index (χ1n) is 15.2. The van der Waals surface area contributed by atoms with Gasteiger partial charge in [-0.2, -0.15) is 0 Å². The highest BCUT2D eigenvalue weighted by molar-refractivity contribution is 7.07. The summed E-state index contributed by atoms with van der Waals surface area (Å²) in [4.78, 5) is 33.1. The summed E-state index contributed by atoms with van der Waals surface area (Å²) in [5.41, 5.74) is 2.61. The summed E-state index contributed by atoms with van der Waals surface area (Å²) in [6.07, 6.45) is 1.83. The van der Waals surface area contributed by atoms with E-state index in [4.69, 9.17) is 40.3 Å². The number of ether oxygens (including phenoxy) is 5. The third kappa shape index (κ3) is 6.16. The number of fused-ring (bicyclic) bond motifs is 2. The second-order valence-corrected chi connectivity index (χ2v) is 12.3. The predicted octanol–water partition coefficient (Wildman–Crippen LogP) is 6.21. The molecule has 1 atom stereocenters. The van der Waals surface area contributed by atoms with Crippen molar-refractivity contribution in [2.45, 2.75) is 26.5 Å². The van der Waals surface area contributed by atoms with Gasteiger partial charge in [0.05, 0.1) is 49.8 Å². The van der Waals surface area contributed by atoms with Crippen molar-refractivity contribution in [3.63, 3.8) is 0 Å². The number of allylic oxidation sites excluding steroid dienone is 1. The Morgan fingerprint density at radius 1 is 0.958 bits per heavy atom. The molecule has 246 valence electrons. The zero-order chi connectivity index (χ0) is 33.9. The number of carbonyl (C=O) groups excluding carboxylic acids is 1. The summed E-state index contributed by atoms with van der Waals surface area (Å²) >= 11 is 7.31. The Morgan fingerprint density at radius 3 is 2.33 bits per heavy atom. The first kappa shape index (κ1) is 32.9. The molecule has 5 aromatic rings. The number of rotatable bonds is 10. The Labute approximate surface area is 285 Å². The first-order chi connectivity index (χ1) is 23.3. The van der Waals surface area contributed by atoms with Crippen LogP contribution in [-0.4, -0.2) is 38.5 Å². The smallest absolute Gasteiger partial charge is 0.338 e. The SMILES string of the molecule is CCOC(=O)C1=C(C)N=c2s/c(=C\c3c(OCc4ccc(Cl)cc4)ccc4ccccc34)c(=O)n2[C@H]1c1cc(OC)c(OC)c(OC)c1. The number of esters is 1. The second kappa shape index (κ2) is 14.0. The van der Waals surface area contributed by atoms with Gasteiger partial charge in [0.25, 0.3) is 5.56 Å². The molecule has 0 amide bonds. The highest BCUT2D eigenvalue weighted by atomic mass is 35.5. The van der Waals surface area contributed by atoms with Crippen LogP contribution in [0.15, 0.2) is 93.9 Å². The Kier molecular flexibility index (Phi) is 9.56. The molecule has 0 unspecified atom stereocenters. The Hall–Kier alpha value is -5.06. The number of hydrogen-bond donors (Lipinski definition) is 0. The number of aromatic nitrogens is 1. The number of nitrogens with zero attached hydrogens (tertiary/aromatic N) is 2. The summed E-state index contributed by atoms with van der Waals surface area (Å²) in [6, 6.07) is 21.8. The van der Waals surface area contributed by atoms with E-state index in [-0.39, 0.29) is 17.7 Å². The topological polar surface area (TPSA) is 97.6 Å². The van der Waals surface area contributed by atoms with Gasteiger partial charge in [-0.3, -0.25) is 9.36 Å². The number of benzene rings is 4. The minimum Gasteiger partial charge on any atom is -0.493 e. The van der Waals surface area contributed by atoms with Gasteiger partial charge in [0, 0.05) is 10.6 Å². The normalized spacial score (nSPS) is 14.4. The van der Waals surface area contributed by atoms with Crippen LogP contribution in [0.1, 0.15) is 36.6 Å². The molecule has 1 aromatic heterocycles. The van der Waals surface area contributed by atoms with E-state index in [9.17, 15) is 9.59 Å². The van der Waals surface area contributed by atoms with Gasteiger partial charge in [-0.25, -0.2) is 9.79 Å². The molecule has 0 radical (unpaired) electrons. The molecule has 0 saturated carbocycles. The van der Waals surface area contributed by atoms with Crippen LogP contribution in [0.25, 0.3) is 16.8 Å². The maximum Gasteiger partial charge on any atom is 0.338 e. The Morgan fingerprint density at radius 2 is 1.67 bits per heavy atom. The maximum atomic E-state index is 14.5. The minimum absolute atomic E-state index is 0.155. The molecule has 2 heterocycles. The number of hydrogen-bond acceptors (Lipinski definition) is 9. The number of carbonyl (C=O) groups is 1. The van der Waals surface area contributed by atoms with Gasteiger partial charge in [-0.05, 0) is 72.2 Å². The first-order valence-corrected chi connectivity index (χ1v) is 16.4. The van der Waals surface area contributed by atoms with E-state index < -0.39 is 12.0 Å². The fourth-order valence-corrected chi connectivity index (χ4v) is 6.94. The fraction of sp³-hybridized carbons (Fsp3) is 0.216. The second-order valence-electron chi connectivity index (χ2n) is 10.9. The standard InChI is InChI=1S/C37H33ClN2O7S/c1-6-46-36(42)32-21(2)39-37-40(33(32)24-17-29(43-3)34(45-5)30(18-24)44-4)35(41)31(48-37)19-27-26-10-8-7-9-23(26)13-16-28(27)47-20-22-11-14-25(38)15-12-22/h7-19,33H,6,20H2,1-5H3/b31-19-/t33-/m0/s1. The summed E-state index contributed by atoms with van der Waals surface area (Å²) < 4.78 is 30.5. The van der Waals surface area contributed by atoms with E-state index in [2.05, 4.69) is 0 Å². The Bertz CT molecular complexity index is 2210. The molecule has 0 fully saturated rings. The van der Waals surface area contributed by atoms with Crippen molar-refractivity contribution in [3.8, 4) is 23.0 Å². The predicted molar refractivity (Wildman–Crippen MR) is 186 cm³/mol. The van der Waals surface area contributed by atoms with E-state index in [1.165, 1.54) is 37.2 Å². The molecule has 0 N–H and O–H groups in total. The molecule has 6 rings (SSSR count). The van der Waals surface area contributed by atoms with E-state index >= 15 is 0 Å². The van der Waals surface area contributed by atoms with Crippen molar-refractivity contribution in [2.24, 2.45) is 4.99 Å². The van der Waals surface area contributed by atoms with E-state index in [0.717, 1.165) is 21.9 Å². The maximum absolute atomic E-state index is 14.5. The van der Waals surface area contributed by atoms with Crippen molar-refractivity contribution in [3.05, 3.63) is 125 Å². The summed E-state index contributed by atoms with van der Waals surface area (Å²) in [7, 11) is 4.53. The van der Waals surface area contributed by atoms with Crippen molar-refractivity contribution in [2.75, 3.05) is 27.9 Å². The highest BCUT2D eigenvalue weighted by Crippen LogP contribution is 2.42. The van der Waals surface area contributed by atoms with Crippen LogP contribution in [0.3, 0.4) is 0 Å². The average molecular weight is 685 g/mol. The molecule has 48 heavy (non-hydrogen) atoms. The molecule has 0 aliphatic carbocycles. The lowest BCUT2D eigenvalue weighted by molar-refractivity contribution is -0.139. The molecule has 9 nitrogen and oxygen atoms in total. The van der Waals surface area contributed by atoms with Gasteiger partial charge < -0.3 is 23.7 Å². The van der Waals surface area contributed by atoms with E-state index in [1.807, 2.05) is 66.7 Å². The van der Waals surface area contributed by atoms with Gasteiger partial charge in [0.15, 0.2) is 16.3 Å². The van der Waals surface area contributed by atoms with Crippen LogP contribution < -0.4 is 33.8 Å². The lowest BCUT2D eigenvalue weighted by Crippen LogP contribution is -2.40. The van der Waals surface area contributed by atoms with E-state index in [1.54, 1.807) is 26.0 Å². The van der Waals surface area contributed by atoms with Gasteiger partial charge in [-0.15, -0.1) is 0 Å². The highest BCUT2D eigenvalue weighted by Gasteiger charge is 2.35.